The van der Waals surface area contributed by atoms with Gasteiger partial charge in [-0.25, -0.2) is 0 Å². The van der Waals surface area contributed by atoms with Crippen LogP contribution in [0.15, 0.2) is 58.1 Å². The number of nitrogens with zero attached hydrogens (tertiary/aromatic N) is 2. The second-order valence-corrected chi connectivity index (χ2v) is 7.53. The van der Waals surface area contributed by atoms with Crippen LogP contribution >= 0.6 is 0 Å². The number of benzene rings is 2. The molecule has 7 nitrogen and oxygen atoms in total. The summed E-state index contributed by atoms with van der Waals surface area (Å²) in [6, 6.07) is 14.2. The number of hydrogen-bond acceptors (Lipinski definition) is 4. The normalized spacial score (nSPS) is 14.8. The van der Waals surface area contributed by atoms with Crippen molar-refractivity contribution < 1.29 is 9.59 Å². The van der Waals surface area contributed by atoms with E-state index in [4.69, 9.17) is 0 Å². The van der Waals surface area contributed by atoms with E-state index in [0.717, 1.165) is 0 Å². The van der Waals surface area contributed by atoms with Gasteiger partial charge >= 0.3 is 11.1 Å². The minimum atomic E-state index is -0.700. The van der Waals surface area contributed by atoms with E-state index in [1.165, 1.54) is 4.57 Å². The van der Waals surface area contributed by atoms with Crippen molar-refractivity contribution in [2.75, 3.05) is 13.1 Å². The zero-order valence-corrected chi connectivity index (χ0v) is 16.8. The van der Waals surface area contributed by atoms with Gasteiger partial charge in [-0.15, -0.1) is 0 Å². The number of amides is 1. The Balaban J connectivity index is 1.51. The highest BCUT2D eigenvalue weighted by Gasteiger charge is 2.28. The molecule has 1 aliphatic rings. The number of aromatic nitrogens is 2. The van der Waals surface area contributed by atoms with Crippen LogP contribution in [-0.4, -0.2) is 39.2 Å². The smallest absolute Gasteiger partial charge is 0.316 e. The molecule has 0 radical (unpaired) electrons. The lowest BCUT2D eigenvalue weighted by molar-refractivity contribution is 0.0650. The van der Waals surface area contributed by atoms with E-state index in [1.807, 2.05) is 30.3 Å². The lowest BCUT2D eigenvalue weighted by Crippen LogP contribution is -2.40. The van der Waals surface area contributed by atoms with Gasteiger partial charge in [-0.1, -0.05) is 30.3 Å². The lowest BCUT2D eigenvalue weighted by Gasteiger charge is -2.31. The molecule has 0 unspecified atom stereocenters. The molecule has 30 heavy (non-hydrogen) atoms. The van der Waals surface area contributed by atoms with Crippen LogP contribution in [-0.2, 0) is 6.54 Å². The summed E-state index contributed by atoms with van der Waals surface area (Å²) < 4.78 is 1.39. The maximum atomic E-state index is 13.0. The second-order valence-electron chi connectivity index (χ2n) is 7.53. The van der Waals surface area contributed by atoms with Crippen molar-refractivity contribution >= 4 is 22.7 Å². The number of H-pyrrole nitrogens is 1. The van der Waals surface area contributed by atoms with Gasteiger partial charge < -0.3 is 14.5 Å². The summed E-state index contributed by atoms with van der Waals surface area (Å²) in [6.07, 6.45) is 1.25. The predicted molar refractivity (Wildman–Crippen MR) is 114 cm³/mol. The van der Waals surface area contributed by atoms with E-state index < -0.39 is 11.1 Å². The third kappa shape index (κ3) is 3.58. The number of aryl methyl sites for hydroxylation is 1. The molecule has 0 spiro atoms. The van der Waals surface area contributed by atoms with Crippen molar-refractivity contribution in [2.24, 2.45) is 5.92 Å². The molecule has 0 saturated carbocycles. The monoisotopic (exact) mass is 405 g/mol. The van der Waals surface area contributed by atoms with Gasteiger partial charge in [0.05, 0.1) is 11.0 Å². The van der Waals surface area contributed by atoms with Crippen molar-refractivity contribution in [1.82, 2.24) is 14.5 Å². The van der Waals surface area contributed by atoms with Gasteiger partial charge in [0, 0.05) is 36.7 Å². The van der Waals surface area contributed by atoms with Crippen LogP contribution in [0, 0.1) is 5.92 Å². The van der Waals surface area contributed by atoms with Gasteiger partial charge in [0.1, 0.15) is 0 Å². The number of nitrogens with one attached hydrogen (secondary N) is 1. The fourth-order valence-corrected chi connectivity index (χ4v) is 4.09. The number of piperidine rings is 1. The van der Waals surface area contributed by atoms with Crippen LogP contribution in [0.2, 0.25) is 0 Å². The Bertz CT molecular complexity index is 1220. The Kier molecular flexibility index (Phi) is 5.35. The van der Waals surface area contributed by atoms with Crippen LogP contribution in [0.3, 0.4) is 0 Å². The number of fused-ring (bicyclic) bond motifs is 1. The summed E-state index contributed by atoms with van der Waals surface area (Å²) in [6.45, 7) is 3.17. The quantitative estimate of drug-likeness (QED) is 0.533. The molecular formula is C23H23N3O4. The van der Waals surface area contributed by atoms with Gasteiger partial charge in [0.25, 0.3) is 5.91 Å². The van der Waals surface area contributed by atoms with E-state index in [1.54, 1.807) is 30.0 Å². The molecule has 1 amide bonds. The van der Waals surface area contributed by atoms with Crippen LogP contribution in [0.4, 0.5) is 0 Å². The standard InChI is InChI=1S/C23H23N3O4/c1-2-26-19-9-8-17(14-18(19)24-21(28)23(26)30)22(29)25-12-10-16(11-13-25)20(27)15-6-4-3-5-7-15/h3-9,14,16H,2,10-13H2,1H3,(H,24,28). The molecule has 1 aliphatic heterocycles. The average Bonchev–Trinajstić information content (AvgIpc) is 2.79. The van der Waals surface area contributed by atoms with E-state index in [0.29, 0.717) is 54.6 Å². The minimum absolute atomic E-state index is 0.0802. The first-order chi connectivity index (χ1) is 14.5. The Labute approximate surface area is 173 Å². The second kappa shape index (κ2) is 8.10. The van der Waals surface area contributed by atoms with Crippen molar-refractivity contribution in [3.05, 3.63) is 80.4 Å². The molecule has 1 fully saturated rings. The molecule has 3 aromatic rings. The lowest BCUT2D eigenvalue weighted by atomic mass is 9.88. The molecule has 7 heteroatoms. The maximum Gasteiger partial charge on any atom is 0.316 e. The first-order valence-corrected chi connectivity index (χ1v) is 10.1. The maximum absolute atomic E-state index is 13.0. The summed E-state index contributed by atoms with van der Waals surface area (Å²) in [7, 11) is 0. The summed E-state index contributed by atoms with van der Waals surface area (Å²) in [4.78, 5) is 53.8. The number of carbonyl (C=O) groups excluding carboxylic acids is 2. The first-order valence-electron chi connectivity index (χ1n) is 10.1. The average molecular weight is 405 g/mol. The molecule has 0 aliphatic carbocycles. The van der Waals surface area contributed by atoms with Crippen LogP contribution in [0.1, 0.15) is 40.5 Å². The summed E-state index contributed by atoms with van der Waals surface area (Å²) in [5.74, 6) is -0.0930. The SMILES string of the molecule is CCn1c(=O)c(=O)[nH]c2cc(C(=O)N3CCC(C(=O)c4ccccc4)CC3)ccc21. The largest absolute Gasteiger partial charge is 0.339 e. The molecule has 0 bridgehead atoms. The van der Waals surface area contributed by atoms with E-state index in [-0.39, 0.29) is 17.6 Å². The molecule has 0 atom stereocenters. The highest BCUT2D eigenvalue weighted by molar-refractivity contribution is 5.99. The number of Topliss-reactive ketones (excluding diaryl/α,β-unsaturated/α-hetero) is 1. The van der Waals surface area contributed by atoms with E-state index in [2.05, 4.69) is 4.98 Å². The summed E-state index contributed by atoms with van der Waals surface area (Å²) in [5, 5.41) is 0. The Hall–Kier alpha value is -3.48. The van der Waals surface area contributed by atoms with Gasteiger partial charge in [0.15, 0.2) is 5.78 Å². The Morgan fingerprint density at radius 1 is 1.00 bits per heavy atom. The first kappa shape index (κ1) is 19.8. The Morgan fingerprint density at radius 3 is 2.37 bits per heavy atom. The number of likely N-dealkylation sites (tertiary alicyclic amines) is 1. The van der Waals surface area contributed by atoms with E-state index >= 15 is 0 Å². The fourth-order valence-electron chi connectivity index (χ4n) is 4.09. The van der Waals surface area contributed by atoms with Crippen molar-refractivity contribution in [1.29, 1.82) is 0 Å². The molecule has 2 heterocycles. The molecule has 1 N–H and O–H groups in total. The van der Waals surface area contributed by atoms with Crippen LogP contribution in [0.5, 0.6) is 0 Å². The Morgan fingerprint density at radius 2 is 1.70 bits per heavy atom. The zero-order chi connectivity index (χ0) is 21.3. The van der Waals surface area contributed by atoms with Gasteiger partial charge in [-0.2, -0.15) is 0 Å². The van der Waals surface area contributed by atoms with Crippen molar-refractivity contribution in [3.63, 3.8) is 0 Å². The molecule has 4 rings (SSSR count). The summed E-state index contributed by atoms with van der Waals surface area (Å²) >= 11 is 0. The minimum Gasteiger partial charge on any atom is -0.339 e. The number of rotatable bonds is 4. The van der Waals surface area contributed by atoms with Gasteiger partial charge in [-0.3, -0.25) is 19.2 Å². The third-order valence-electron chi connectivity index (χ3n) is 5.75. The highest BCUT2D eigenvalue weighted by atomic mass is 16.2. The van der Waals surface area contributed by atoms with Gasteiger partial charge in [0.2, 0.25) is 0 Å². The number of carbonyl (C=O) groups is 2. The predicted octanol–water partition coefficient (Wildman–Crippen LogP) is 2.44. The molecule has 2 aromatic carbocycles. The van der Waals surface area contributed by atoms with Crippen LogP contribution < -0.4 is 11.1 Å². The fraction of sp³-hybridized carbons (Fsp3) is 0.304. The highest BCUT2D eigenvalue weighted by Crippen LogP contribution is 2.23. The van der Waals surface area contributed by atoms with E-state index in [9.17, 15) is 19.2 Å². The number of aromatic amines is 1. The summed E-state index contributed by atoms with van der Waals surface area (Å²) in [5.41, 5.74) is 0.908. The molecular weight excluding hydrogens is 382 g/mol. The van der Waals surface area contributed by atoms with Crippen molar-refractivity contribution in [3.8, 4) is 0 Å². The third-order valence-corrected chi connectivity index (χ3v) is 5.75. The number of hydrogen-bond donors (Lipinski definition) is 1. The van der Waals surface area contributed by atoms with Crippen LogP contribution in [0.25, 0.3) is 11.0 Å². The van der Waals surface area contributed by atoms with Gasteiger partial charge in [-0.05, 0) is 38.0 Å². The molecule has 1 aromatic heterocycles. The molecule has 1 saturated heterocycles. The zero-order valence-electron chi connectivity index (χ0n) is 16.8. The topological polar surface area (TPSA) is 92.2 Å². The van der Waals surface area contributed by atoms with Crippen molar-refractivity contribution in [2.45, 2.75) is 26.3 Å². The molecule has 154 valence electrons. The number of ketones is 1.